The molecule has 0 saturated carbocycles. The lowest BCUT2D eigenvalue weighted by atomic mass is 10.2. The number of rotatable bonds is 5. The third-order valence-electron chi connectivity index (χ3n) is 3.14. The van der Waals surface area contributed by atoms with E-state index in [2.05, 4.69) is 26.0 Å². The molecule has 0 aliphatic carbocycles. The first-order valence-electron chi connectivity index (χ1n) is 7.01. The number of nitrogens with one attached hydrogen (secondary N) is 1. The van der Waals surface area contributed by atoms with Crippen LogP contribution in [0.15, 0.2) is 46.9 Å². The maximum absolute atomic E-state index is 12.3. The molecule has 7 heteroatoms. The summed E-state index contributed by atoms with van der Waals surface area (Å²) in [4.78, 5) is 23.8. The molecule has 2 aromatic rings. The molecular weight excluding hydrogens is 398 g/mol. The first-order chi connectivity index (χ1) is 11.4. The fourth-order valence-electron chi connectivity index (χ4n) is 1.87. The van der Waals surface area contributed by atoms with Gasteiger partial charge < -0.3 is 14.8 Å². The summed E-state index contributed by atoms with van der Waals surface area (Å²) in [5.41, 5.74) is 0.606. The number of ether oxygens (including phenoxy) is 2. The van der Waals surface area contributed by atoms with E-state index in [9.17, 15) is 9.59 Å². The number of hydrogen-bond donors (Lipinski definition) is 1. The summed E-state index contributed by atoms with van der Waals surface area (Å²) in [6.45, 7) is 1.62. The third-order valence-corrected chi connectivity index (χ3v) is 4.00. The highest BCUT2D eigenvalue weighted by molar-refractivity contribution is 9.10. The van der Waals surface area contributed by atoms with Crippen molar-refractivity contribution in [3.05, 3.63) is 57.5 Å². The van der Waals surface area contributed by atoms with Gasteiger partial charge in [0, 0.05) is 4.47 Å². The van der Waals surface area contributed by atoms with E-state index in [1.54, 1.807) is 19.1 Å². The first-order valence-corrected chi connectivity index (χ1v) is 8.18. The second-order valence-corrected chi connectivity index (χ2v) is 6.21. The number of anilines is 1. The average molecular weight is 413 g/mol. The maximum Gasteiger partial charge on any atom is 0.337 e. The molecule has 5 nitrogen and oxygen atoms in total. The number of esters is 1. The molecule has 0 spiro atoms. The van der Waals surface area contributed by atoms with Crippen LogP contribution in [0.2, 0.25) is 5.02 Å². The highest BCUT2D eigenvalue weighted by atomic mass is 79.9. The number of carbonyl (C=O) groups excluding carboxylic acids is 2. The normalized spacial score (nSPS) is 11.5. The SMILES string of the molecule is COC(=O)c1ccc(Cl)c(NC(=O)[C@H](C)Oc2ccc(Br)cc2)c1. The van der Waals surface area contributed by atoms with E-state index in [0.717, 1.165) is 4.47 Å². The van der Waals surface area contributed by atoms with E-state index >= 15 is 0 Å². The summed E-state index contributed by atoms with van der Waals surface area (Å²) < 4.78 is 11.1. The molecule has 0 heterocycles. The topological polar surface area (TPSA) is 64.6 Å². The van der Waals surface area contributed by atoms with E-state index in [4.69, 9.17) is 16.3 Å². The Morgan fingerprint density at radius 3 is 2.46 bits per heavy atom. The summed E-state index contributed by atoms with van der Waals surface area (Å²) in [7, 11) is 1.28. The summed E-state index contributed by atoms with van der Waals surface area (Å²) in [5, 5.41) is 2.96. The molecule has 0 aliphatic heterocycles. The fourth-order valence-corrected chi connectivity index (χ4v) is 2.30. The lowest BCUT2D eigenvalue weighted by molar-refractivity contribution is -0.122. The van der Waals surface area contributed by atoms with Gasteiger partial charge in [-0.1, -0.05) is 27.5 Å². The van der Waals surface area contributed by atoms with Gasteiger partial charge in [0.15, 0.2) is 6.10 Å². The van der Waals surface area contributed by atoms with Crippen LogP contribution in [0.5, 0.6) is 5.75 Å². The van der Waals surface area contributed by atoms with Crippen molar-refractivity contribution in [2.45, 2.75) is 13.0 Å². The fraction of sp³-hybridized carbons (Fsp3) is 0.176. The minimum Gasteiger partial charge on any atom is -0.481 e. The van der Waals surface area contributed by atoms with Crippen molar-refractivity contribution in [1.29, 1.82) is 0 Å². The van der Waals surface area contributed by atoms with Gasteiger partial charge in [-0.15, -0.1) is 0 Å². The second kappa shape index (κ2) is 8.17. The Bertz CT molecular complexity index is 749. The van der Waals surface area contributed by atoms with Gasteiger partial charge in [0.2, 0.25) is 0 Å². The van der Waals surface area contributed by atoms with Gasteiger partial charge in [0.05, 0.1) is 23.4 Å². The van der Waals surface area contributed by atoms with Gasteiger partial charge in [-0.25, -0.2) is 4.79 Å². The van der Waals surface area contributed by atoms with E-state index < -0.39 is 12.1 Å². The van der Waals surface area contributed by atoms with Crippen molar-refractivity contribution < 1.29 is 19.1 Å². The molecule has 0 unspecified atom stereocenters. The van der Waals surface area contributed by atoms with Crippen LogP contribution in [0.25, 0.3) is 0 Å². The Morgan fingerprint density at radius 1 is 1.17 bits per heavy atom. The van der Waals surface area contributed by atoms with Crippen LogP contribution >= 0.6 is 27.5 Å². The average Bonchev–Trinajstić information content (AvgIpc) is 2.58. The first kappa shape index (κ1) is 18.3. The standard InChI is InChI=1S/C17H15BrClNO4/c1-10(24-13-6-4-12(18)5-7-13)16(21)20-15-9-11(17(22)23-2)3-8-14(15)19/h3-10H,1-2H3,(H,20,21)/t10-/m0/s1. The molecule has 1 N–H and O–H groups in total. The number of carbonyl (C=O) groups is 2. The lowest BCUT2D eigenvalue weighted by Crippen LogP contribution is -2.30. The zero-order valence-corrected chi connectivity index (χ0v) is 15.3. The number of halogens is 2. The van der Waals surface area contributed by atoms with Crippen molar-refractivity contribution >= 4 is 45.1 Å². The number of amides is 1. The van der Waals surface area contributed by atoms with Crippen LogP contribution in [0.4, 0.5) is 5.69 Å². The summed E-state index contributed by atoms with van der Waals surface area (Å²) in [5.74, 6) is -0.335. The molecule has 126 valence electrons. The minimum absolute atomic E-state index is 0.290. The van der Waals surface area contributed by atoms with Gasteiger partial charge in [-0.05, 0) is 49.4 Å². The number of hydrogen-bond acceptors (Lipinski definition) is 4. The van der Waals surface area contributed by atoms with Crippen molar-refractivity contribution in [1.82, 2.24) is 0 Å². The maximum atomic E-state index is 12.3. The zero-order chi connectivity index (χ0) is 17.7. The molecule has 0 saturated heterocycles. The quantitative estimate of drug-likeness (QED) is 0.744. The molecule has 2 rings (SSSR count). The zero-order valence-electron chi connectivity index (χ0n) is 13.0. The van der Waals surface area contributed by atoms with Crippen LogP contribution in [0, 0.1) is 0 Å². The van der Waals surface area contributed by atoms with Crippen molar-refractivity contribution in [3.63, 3.8) is 0 Å². The lowest BCUT2D eigenvalue weighted by Gasteiger charge is -2.15. The summed E-state index contributed by atoms with van der Waals surface area (Å²) in [6, 6.07) is 11.6. The van der Waals surface area contributed by atoms with Crippen molar-refractivity contribution in [3.8, 4) is 5.75 Å². The Hall–Kier alpha value is -2.05. The van der Waals surface area contributed by atoms with Crippen LogP contribution in [-0.4, -0.2) is 25.1 Å². The monoisotopic (exact) mass is 411 g/mol. The van der Waals surface area contributed by atoms with Gasteiger partial charge in [0.1, 0.15) is 5.75 Å². The molecule has 1 atom stereocenters. The van der Waals surface area contributed by atoms with Gasteiger partial charge >= 0.3 is 5.97 Å². The third kappa shape index (κ3) is 4.72. The Kier molecular flexibility index (Phi) is 6.23. The molecular formula is C17H15BrClNO4. The molecule has 1 amide bonds. The Labute approximate surface area is 153 Å². The largest absolute Gasteiger partial charge is 0.481 e. The second-order valence-electron chi connectivity index (χ2n) is 4.89. The van der Waals surface area contributed by atoms with Crippen molar-refractivity contribution in [2.24, 2.45) is 0 Å². The summed E-state index contributed by atoms with van der Waals surface area (Å²) >= 11 is 9.39. The van der Waals surface area contributed by atoms with E-state index in [0.29, 0.717) is 22.0 Å². The van der Waals surface area contributed by atoms with Gasteiger partial charge in [-0.3, -0.25) is 4.79 Å². The van der Waals surface area contributed by atoms with Crippen LogP contribution in [0.3, 0.4) is 0 Å². The highest BCUT2D eigenvalue weighted by Crippen LogP contribution is 2.24. The molecule has 0 aromatic heterocycles. The Balaban J connectivity index is 2.08. The predicted octanol–water partition coefficient (Wildman–Crippen LogP) is 4.30. The minimum atomic E-state index is -0.746. The smallest absolute Gasteiger partial charge is 0.337 e. The molecule has 2 aromatic carbocycles. The van der Waals surface area contributed by atoms with E-state index in [1.165, 1.54) is 25.3 Å². The van der Waals surface area contributed by atoms with E-state index in [-0.39, 0.29) is 5.91 Å². The van der Waals surface area contributed by atoms with E-state index in [1.807, 2.05) is 12.1 Å². The molecule has 0 radical (unpaired) electrons. The Morgan fingerprint density at radius 2 is 1.83 bits per heavy atom. The number of benzene rings is 2. The van der Waals surface area contributed by atoms with Crippen molar-refractivity contribution in [2.75, 3.05) is 12.4 Å². The highest BCUT2D eigenvalue weighted by Gasteiger charge is 2.17. The van der Waals surface area contributed by atoms with Crippen LogP contribution < -0.4 is 10.1 Å². The summed E-state index contributed by atoms with van der Waals surface area (Å²) in [6.07, 6.45) is -0.746. The van der Waals surface area contributed by atoms with Gasteiger partial charge in [0.25, 0.3) is 5.91 Å². The number of methoxy groups -OCH3 is 1. The molecule has 0 aliphatic rings. The van der Waals surface area contributed by atoms with Crippen LogP contribution in [-0.2, 0) is 9.53 Å². The predicted molar refractivity (Wildman–Crippen MR) is 95.7 cm³/mol. The van der Waals surface area contributed by atoms with Crippen LogP contribution in [0.1, 0.15) is 17.3 Å². The van der Waals surface area contributed by atoms with Gasteiger partial charge in [-0.2, -0.15) is 0 Å². The molecule has 0 fully saturated rings. The molecule has 0 bridgehead atoms. The molecule has 24 heavy (non-hydrogen) atoms.